The summed E-state index contributed by atoms with van der Waals surface area (Å²) >= 11 is 0. The summed E-state index contributed by atoms with van der Waals surface area (Å²) in [6, 6.07) is 12.9. The van der Waals surface area contributed by atoms with Gasteiger partial charge in [0, 0.05) is 24.6 Å². The highest BCUT2D eigenvalue weighted by Gasteiger charge is 1.95. The molecule has 0 spiro atoms. The zero-order valence-electron chi connectivity index (χ0n) is 10.9. The second-order valence-corrected chi connectivity index (χ2v) is 4.48. The Morgan fingerprint density at radius 3 is 2.22 bits per heavy atom. The van der Waals surface area contributed by atoms with Gasteiger partial charge < -0.3 is 5.32 Å². The molecule has 2 heteroatoms. The van der Waals surface area contributed by atoms with E-state index in [1.807, 2.05) is 12.4 Å². The summed E-state index contributed by atoms with van der Waals surface area (Å²) in [4.78, 5) is 4.02. The molecule has 2 rings (SSSR count). The molecule has 0 saturated carbocycles. The molecule has 94 valence electrons. The Kier molecular flexibility index (Phi) is 4.77. The fraction of sp³-hybridized carbons (Fsp3) is 0.312. The molecule has 0 amide bonds. The molecule has 2 aromatic rings. The van der Waals surface area contributed by atoms with E-state index >= 15 is 0 Å². The van der Waals surface area contributed by atoms with Crippen molar-refractivity contribution in [3.05, 3.63) is 59.9 Å². The number of aromatic nitrogens is 1. The smallest absolute Gasteiger partial charge is 0.0340 e. The number of pyridine rings is 1. The summed E-state index contributed by atoms with van der Waals surface area (Å²) in [5.41, 5.74) is 3.93. The van der Waals surface area contributed by atoms with E-state index in [4.69, 9.17) is 0 Å². The van der Waals surface area contributed by atoms with Gasteiger partial charge in [-0.15, -0.1) is 0 Å². The van der Waals surface area contributed by atoms with Crippen molar-refractivity contribution in [3.63, 3.8) is 0 Å². The molecule has 0 aliphatic heterocycles. The molecule has 0 aliphatic rings. The van der Waals surface area contributed by atoms with Crippen LogP contribution in [0.2, 0.25) is 0 Å². The lowest BCUT2D eigenvalue weighted by atomic mass is 10.1. The maximum absolute atomic E-state index is 4.02. The van der Waals surface area contributed by atoms with Crippen molar-refractivity contribution in [2.45, 2.75) is 26.2 Å². The average molecular weight is 240 g/mol. The van der Waals surface area contributed by atoms with Crippen molar-refractivity contribution >= 4 is 5.69 Å². The minimum atomic E-state index is 0.955. The number of hydrogen-bond acceptors (Lipinski definition) is 2. The zero-order chi connectivity index (χ0) is 12.6. The molecule has 0 atom stereocenters. The van der Waals surface area contributed by atoms with Gasteiger partial charge in [0.25, 0.3) is 0 Å². The van der Waals surface area contributed by atoms with Crippen molar-refractivity contribution in [2.75, 3.05) is 11.9 Å². The molecule has 1 aromatic carbocycles. The molecule has 0 saturated heterocycles. The Morgan fingerprint density at radius 1 is 0.889 bits per heavy atom. The van der Waals surface area contributed by atoms with Crippen molar-refractivity contribution in [1.82, 2.24) is 4.98 Å². The van der Waals surface area contributed by atoms with Crippen LogP contribution in [0.1, 0.15) is 24.5 Å². The van der Waals surface area contributed by atoms with Crippen LogP contribution in [0, 0.1) is 0 Å². The van der Waals surface area contributed by atoms with Gasteiger partial charge in [-0.2, -0.15) is 0 Å². The molecule has 0 unspecified atom stereocenters. The minimum Gasteiger partial charge on any atom is -0.385 e. The van der Waals surface area contributed by atoms with Crippen LogP contribution < -0.4 is 5.32 Å². The van der Waals surface area contributed by atoms with E-state index in [9.17, 15) is 0 Å². The highest BCUT2D eigenvalue weighted by molar-refractivity contribution is 5.44. The molecule has 0 fully saturated rings. The lowest BCUT2D eigenvalue weighted by Crippen LogP contribution is -2.04. The largest absolute Gasteiger partial charge is 0.385 e. The van der Waals surface area contributed by atoms with Gasteiger partial charge in [-0.3, -0.25) is 4.98 Å². The Bertz CT molecular complexity index is 448. The monoisotopic (exact) mass is 240 g/mol. The topological polar surface area (TPSA) is 24.9 Å². The van der Waals surface area contributed by atoms with E-state index in [1.54, 1.807) is 0 Å². The van der Waals surface area contributed by atoms with E-state index in [1.165, 1.54) is 23.2 Å². The first kappa shape index (κ1) is 12.6. The fourth-order valence-corrected chi connectivity index (χ4v) is 1.98. The second-order valence-electron chi connectivity index (χ2n) is 4.48. The molecule has 0 radical (unpaired) electrons. The van der Waals surface area contributed by atoms with Crippen LogP contribution in [-0.2, 0) is 12.8 Å². The van der Waals surface area contributed by atoms with E-state index in [0.29, 0.717) is 0 Å². The van der Waals surface area contributed by atoms with Gasteiger partial charge in [0.1, 0.15) is 0 Å². The van der Waals surface area contributed by atoms with Crippen molar-refractivity contribution in [2.24, 2.45) is 0 Å². The zero-order valence-corrected chi connectivity index (χ0v) is 10.9. The first-order valence-corrected chi connectivity index (χ1v) is 6.60. The number of nitrogens with zero attached hydrogens (tertiary/aromatic N) is 1. The van der Waals surface area contributed by atoms with Crippen LogP contribution in [0.15, 0.2) is 48.8 Å². The highest BCUT2D eigenvalue weighted by atomic mass is 14.9. The average Bonchev–Trinajstić information content (AvgIpc) is 2.42. The molecular formula is C16H20N2. The summed E-state index contributed by atoms with van der Waals surface area (Å²) in [5.74, 6) is 0. The predicted octanol–water partition coefficient (Wildman–Crippen LogP) is 3.69. The summed E-state index contributed by atoms with van der Waals surface area (Å²) in [5, 5.41) is 3.44. The maximum Gasteiger partial charge on any atom is 0.0340 e. The third-order valence-corrected chi connectivity index (χ3v) is 2.98. The lowest BCUT2D eigenvalue weighted by molar-refractivity contribution is 0.921. The molecule has 0 bridgehead atoms. The minimum absolute atomic E-state index is 0.955. The maximum atomic E-state index is 4.02. The highest BCUT2D eigenvalue weighted by Crippen LogP contribution is 2.11. The van der Waals surface area contributed by atoms with Crippen LogP contribution in [0.25, 0.3) is 0 Å². The van der Waals surface area contributed by atoms with Gasteiger partial charge in [0.15, 0.2) is 0 Å². The van der Waals surface area contributed by atoms with Gasteiger partial charge in [-0.1, -0.05) is 25.5 Å². The van der Waals surface area contributed by atoms with Gasteiger partial charge >= 0.3 is 0 Å². The fourth-order valence-electron chi connectivity index (χ4n) is 1.98. The molecule has 2 nitrogen and oxygen atoms in total. The number of anilines is 1. The number of rotatable bonds is 6. The van der Waals surface area contributed by atoms with Crippen LogP contribution in [-0.4, -0.2) is 11.5 Å². The summed E-state index contributed by atoms with van der Waals surface area (Å²) < 4.78 is 0. The van der Waals surface area contributed by atoms with Crippen LogP contribution in [0.3, 0.4) is 0 Å². The van der Waals surface area contributed by atoms with Gasteiger partial charge in [0.05, 0.1) is 0 Å². The predicted molar refractivity (Wildman–Crippen MR) is 76.9 cm³/mol. The van der Waals surface area contributed by atoms with Gasteiger partial charge in [0.2, 0.25) is 0 Å². The quantitative estimate of drug-likeness (QED) is 0.833. The first-order valence-electron chi connectivity index (χ1n) is 6.60. The molecular weight excluding hydrogens is 220 g/mol. The molecule has 1 N–H and O–H groups in total. The Balaban J connectivity index is 1.80. The van der Waals surface area contributed by atoms with E-state index in [2.05, 4.69) is 53.6 Å². The summed E-state index contributed by atoms with van der Waals surface area (Å²) in [7, 11) is 0. The standard InChI is InChI=1S/C16H20N2/c1-2-3-14-4-6-16(7-5-14)18-13-10-15-8-11-17-12-9-15/h4-9,11-12,18H,2-3,10,13H2,1H3. The van der Waals surface area contributed by atoms with Gasteiger partial charge in [-0.05, 0) is 48.2 Å². The van der Waals surface area contributed by atoms with E-state index in [-0.39, 0.29) is 0 Å². The van der Waals surface area contributed by atoms with Crippen molar-refractivity contribution in [3.8, 4) is 0 Å². The van der Waals surface area contributed by atoms with Crippen molar-refractivity contribution in [1.29, 1.82) is 0 Å². The molecule has 1 aromatic heterocycles. The lowest BCUT2D eigenvalue weighted by Gasteiger charge is -2.07. The summed E-state index contributed by atoms with van der Waals surface area (Å²) in [6.07, 6.45) is 7.08. The number of benzene rings is 1. The summed E-state index contributed by atoms with van der Waals surface area (Å²) in [6.45, 7) is 3.16. The van der Waals surface area contributed by atoms with Crippen LogP contribution >= 0.6 is 0 Å². The number of hydrogen-bond donors (Lipinski definition) is 1. The molecule has 1 heterocycles. The molecule has 18 heavy (non-hydrogen) atoms. The van der Waals surface area contributed by atoms with E-state index < -0.39 is 0 Å². The van der Waals surface area contributed by atoms with Crippen LogP contribution in [0.4, 0.5) is 5.69 Å². The second kappa shape index (κ2) is 6.80. The Morgan fingerprint density at radius 2 is 1.56 bits per heavy atom. The third kappa shape index (κ3) is 3.88. The Labute approximate surface area is 109 Å². The van der Waals surface area contributed by atoms with Crippen LogP contribution in [0.5, 0.6) is 0 Å². The third-order valence-electron chi connectivity index (χ3n) is 2.98. The van der Waals surface area contributed by atoms with E-state index in [0.717, 1.165) is 19.4 Å². The number of nitrogens with one attached hydrogen (secondary N) is 1. The molecule has 0 aliphatic carbocycles. The van der Waals surface area contributed by atoms with Crippen molar-refractivity contribution < 1.29 is 0 Å². The number of aryl methyl sites for hydroxylation is 1. The first-order chi connectivity index (χ1) is 8.88. The SMILES string of the molecule is CCCc1ccc(NCCc2ccncc2)cc1. The van der Waals surface area contributed by atoms with Gasteiger partial charge in [-0.25, -0.2) is 0 Å². The normalized spacial score (nSPS) is 10.3. The Hall–Kier alpha value is -1.83.